The van der Waals surface area contributed by atoms with E-state index in [0.29, 0.717) is 32.0 Å². The fourth-order valence-electron chi connectivity index (χ4n) is 3.98. The Labute approximate surface area is 168 Å². The number of hydrogen-bond donors (Lipinski definition) is 2. The molecular formula is C21H32ClN3O2. The van der Waals surface area contributed by atoms with E-state index in [9.17, 15) is 9.59 Å². The lowest BCUT2D eigenvalue weighted by molar-refractivity contribution is -0.136. The Bertz CT molecular complexity index is 582. The van der Waals surface area contributed by atoms with Gasteiger partial charge in [-0.2, -0.15) is 0 Å². The van der Waals surface area contributed by atoms with Crippen LogP contribution in [0.5, 0.6) is 0 Å². The van der Waals surface area contributed by atoms with E-state index >= 15 is 0 Å². The average Bonchev–Trinajstić information content (AvgIpc) is 2.72. The molecule has 1 aromatic carbocycles. The molecule has 0 unspecified atom stereocenters. The Morgan fingerprint density at radius 2 is 1.70 bits per heavy atom. The maximum atomic E-state index is 12.4. The van der Waals surface area contributed by atoms with Crippen LogP contribution in [0.1, 0.15) is 44.1 Å². The zero-order valence-electron chi connectivity index (χ0n) is 16.0. The number of piperidine rings is 2. The van der Waals surface area contributed by atoms with E-state index in [4.69, 9.17) is 0 Å². The molecule has 3 rings (SSSR count). The largest absolute Gasteiger partial charge is 0.352 e. The van der Waals surface area contributed by atoms with E-state index < -0.39 is 0 Å². The van der Waals surface area contributed by atoms with Gasteiger partial charge in [-0.3, -0.25) is 9.59 Å². The summed E-state index contributed by atoms with van der Waals surface area (Å²) >= 11 is 0. The Hall–Kier alpha value is -1.59. The van der Waals surface area contributed by atoms with E-state index in [1.165, 1.54) is 12.8 Å². The molecule has 2 amide bonds. The molecule has 6 heteroatoms. The molecular weight excluding hydrogens is 362 g/mol. The predicted octanol–water partition coefficient (Wildman–Crippen LogP) is 2.74. The maximum Gasteiger partial charge on any atom is 0.223 e. The molecule has 2 aliphatic heterocycles. The van der Waals surface area contributed by atoms with Gasteiger partial charge in [-0.1, -0.05) is 30.3 Å². The highest BCUT2D eigenvalue weighted by Crippen LogP contribution is 2.21. The topological polar surface area (TPSA) is 61.4 Å². The summed E-state index contributed by atoms with van der Waals surface area (Å²) in [5.41, 5.74) is 1.12. The third-order valence-electron chi connectivity index (χ3n) is 5.75. The van der Waals surface area contributed by atoms with Crippen LogP contribution in [-0.4, -0.2) is 42.9 Å². The van der Waals surface area contributed by atoms with Crippen LogP contribution in [0.4, 0.5) is 0 Å². The van der Waals surface area contributed by atoms with Gasteiger partial charge in [0.2, 0.25) is 11.8 Å². The SMILES string of the molecule is Cl.O=C(NCc1ccccc1)C1CCN(C(=O)CCC2CCNCC2)CC1. The highest BCUT2D eigenvalue weighted by Gasteiger charge is 2.27. The summed E-state index contributed by atoms with van der Waals surface area (Å²) in [4.78, 5) is 26.8. The monoisotopic (exact) mass is 393 g/mol. The highest BCUT2D eigenvalue weighted by molar-refractivity contribution is 5.85. The molecule has 0 saturated carbocycles. The summed E-state index contributed by atoms with van der Waals surface area (Å²) in [6.07, 6.45) is 5.61. The molecule has 150 valence electrons. The van der Waals surface area contributed by atoms with Gasteiger partial charge in [-0.15, -0.1) is 12.4 Å². The average molecular weight is 394 g/mol. The van der Waals surface area contributed by atoms with Gasteiger partial charge in [0, 0.05) is 32.0 Å². The van der Waals surface area contributed by atoms with Crippen LogP contribution in [0.3, 0.4) is 0 Å². The second-order valence-corrected chi connectivity index (χ2v) is 7.59. The third kappa shape index (κ3) is 6.82. The lowest BCUT2D eigenvalue weighted by Crippen LogP contribution is -2.43. The van der Waals surface area contributed by atoms with E-state index in [-0.39, 0.29) is 30.1 Å². The van der Waals surface area contributed by atoms with Gasteiger partial charge in [0.1, 0.15) is 0 Å². The quantitative estimate of drug-likeness (QED) is 0.781. The second-order valence-electron chi connectivity index (χ2n) is 7.59. The number of halogens is 1. The Morgan fingerprint density at radius 3 is 2.37 bits per heavy atom. The normalized spacial score (nSPS) is 18.6. The van der Waals surface area contributed by atoms with Crippen LogP contribution >= 0.6 is 12.4 Å². The van der Waals surface area contributed by atoms with Gasteiger partial charge in [0.25, 0.3) is 0 Å². The van der Waals surface area contributed by atoms with E-state index in [1.807, 2.05) is 35.2 Å². The van der Waals surface area contributed by atoms with Gasteiger partial charge in [0.15, 0.2) is 0 Å². The molecule has 0 aromatic heterocycles. The molecule has 2 N–H and O–H groups in total. The molecule has 2 saturated heterocycles. The number of nitrogens with zero attached hydrogens (tertiary/aromatic N) is 1. The summed E-state index contributed by atoms with van der Waals surface area (Å²) in [6, 6.07) is 9.97. The Kier molecular flexibility index (Phi) is 9.08. The first-order valence-corrected chi connectivity index (χ1v) is 10.0. The Morgan fingerprint density at radius 1 is 1.04 bits per heavy atom. The van der Waals surface area contributed by atoms with Crippen molar-refractivity contribution in [3.05, 3.63) is 35.9 Å². The molecule has 0 atom stereocenters. The van der Waals surface area contributed by atoms with Crippen molar-refractivity contribution in [3.63, 3.8) is 0 Å². The number of benzene rings is 1. The van der Waals surface area contributed by atoms with Crippen molar-refractivity contribution in [1.29, 1.82) is 0 Å². The molecule has 0 bridgehead atoms. The van der Waals surface area contributed by atoms with Crippen LogP contribution in [-0.2, 0) is 16.1 Å². The number of nitrogens with one attached hydrogen (secondary N) is 2. The van der Waals surface area contributed by atoms with Gasteiger partial charge in [-0.25, -0.2) is 0 Å². The molecule has 2 heterocycles. The molecule has 0 aliphatic carbocycles. The highest BCUT2D eigenvalue weighted by atomic mass is 35.5. The van der Waals surface area contributed by atoms with Gasteiger partial charge < -0.3 is 15.5 Å². The first-order chi connectivity index (χ1) is 12.7. The summed E-state index contributed by atoms with van der Waals surface area (Å²) in [6.45, 7) is 4.18. The van der Waals surface area contributed by atoms with Crippen molar-refractivity contribution in [3.8, 4) is 0 Å². The van der Waals surface area contributed by atoms with E-state index in [1.54, 1.807) is 0 Å². The van der Waals surface area contributed by atoms with E-state index in [0.717, 1.165) is 37.9 Å². The van der Waals surface area contributed by atoms with Crippen LogP contribution < -0.4 is 10.6 Å². The van der Waals surface area contributed by atoms with Crippen molar-refractivity contribution in [2.45, 2.75) is 45.1 Å². The summed E-state index contributed by atoms with van der Waals surface area (Å²) < 4.78 is 0. The van der Waals surface area contributed by atoms with Gasteiger partial charge >= 0.3 is 0 Å². The van der Waals surface area contributed by atoms with Crippen LogP contribution in [0.15, 0.2) is 30.3 Å². The fraction of sp³-hybridized carbons (Fsp3) is 0.619. The minimum Gasteiger partial charge on any atom is -0.352 e. The van der Waals surface area contributed by atoms with Crippen LogP contribution in [0.2, 0.25) is 0 Å². The zero-order valence-corrected chi connectivity index (χ0v) is 16.8. The second kappa shape index (κ2) is 11.3. The standard InChI is InChI=1S/C21H31N3O2.ClH/c25-20(7-6-17-8-12-22-13-9-17)24-14-10-19(11-15-24)21(26)23-16-18-4-2-1-3-5-18;/h1-5,17,19,22H,6-16H2,(H,23,26);1H. The van der Waals surface area contributed by atoms with Crippen molar-refractivity contribution >= 4 is 24.2 Å². The first kappa shape index (κ1) is 21.7. The van der Waals surface area contributed by atoms with Crippen molar-refractivity contribution in [2.24, 2.45) is 11.8 Å². The number of rotatable bonds is 6. The smallest absolute Gasteiger partial charge is 0.223 e. The fourth-order valence-corrected chi connectivity index (χ4v) is 3.98. The van der Waals surface area contributed by atoms with Crippen molar-refractivity contribution in [1.82, 2.24) is 15.5 Å². The number of likely N-dealkylation sites (tertiary alicyclic amines) is 1. The molecule has 2 fully saturated rings. The maximum absolute atomic E-state index is 12.4. The zero-order chi connectivity index (χ0) is 18.2. The summed E-state index contributed by atoms with van der Waals surface area (Å²) in [5.74, 6) is 1.12. The summed E-state index contributed by atoms with van der Waals surface area (Å²) in [7, 11) is 0. The molecule has 1 aromatic rings. The van der Waals surface area contributed by atoms with Crippen LogP contribution in [0.25, 0.3) is 0 Å². The van der Waals surface area contributed by atoms with Crippen molar-refractivity contribution in [2.75, 3.05) is 26.2 Å². The molecule has 2 aliphatic rings. The third-order valence-corrected chi connectivity index (χ3v) is 5.75. The lowest BCUT2D eigenvalue weighted by atomic mass is 9.92. The molecule has 0 radical (unpaired) electrons. The first-order valence-electron chi connectivity index (χ1n) is 10.0. The molecule has 27 heavy (non-hydrogen) atoms. The van der Waals surface area contributed by atoms with E-state index in [2.05, 4.69) is 10.6 Å². The minimum atomic E-state index is 0. The summed E-state index contributed by atoms with van der Waals surface area (Å²) in [5, 5.41) is 6.40. The van der Waals surface area contributed by atoms with Gasteiger partial charge in [0.05, 0.1) is 0 Å². The van der Waals surface area contributed by atoms with Crippen LogP contribution in [0, 0.1) is 11.8 Å². The number of carbonyl (C=O) groups excluding carboxylic acids is 2. The minimum absolute atomic E-state index is 0. The number of hydrogen-bond acceptors (Lipinski definition) is 3. The Balaban J connectivity index is 0.00000261. The number of amides is 2. The van der Waals surface area contributed by atoms with Gasteiger partial charge in [-0.05, 0) is 56.7 Å². The number of carbonyl (C=O) groups is 2. The van der Waals surface area contributed by atoms with Crippen molar-refractivity contribution < 1.29 is 9.59 Å². The predicted molar refractivity (Wildman–Crippen MR) is 110 cm³/mol. The lowest BCUT2D eigenvalue weighted by Gasteiger charge is -2.32. The molecule has 5 nitrogen and oxygen atoms in total. The molecule has 0 spiro atoms.